The van der Waals surface area contributed by atoms with Gasteiger partial charge in [-0.2, -0.15) is 0 Å². The van der Waals surface area contributed by atoms with Gasteiger partial charge in [-0.3, -0.25) is 4.99 Å². The summed E-state index contributed by atoms with van der Waals surface area (Å²) in [6.07, 6.45) is 12.0. The first-order chi connectivity index (χ1) is 8.76. The van der Waals surface area contributed by atoms with Crippen LogP contribution in [-0.4, -0.2) is 30.5 Å². The quantitative estimate of drug-likeness (QED) is 0.459. The molecule has 0 atom stereocenters. The molecule has 0 aromatic carbocycles. The van der Waals surface area contributed by atoms with Gasteiger partial charge in [0.05, 0.1) is 0 Å². The van der Waals surface area contributed by atoms with E-state index in [0.717, 1.165) is 25.6 Å². The van der Waals surface area contributed by atoms with Crippen LogP contribution >= 0.6 is 24.0 Å². The molecule has 0 unspecified atom stereocenters. The van der Waals surface area contributed by atoms with E-state index in [0.29, 0.717) is 5.41 Å². The Balaban J connectivity index is 0.00000180. The highest BCUT2D eigenvalue weighted by molar-refractivity contribution is 14.0. The first-order valence-corrected chi connectivity index (χ1v) is 7.81. The summed E-state index contributed by atoms with van der Waals surface area (Å²) in [5, 5.41) is 0. The summed E-state index contributed by atoms with van der Waals surface area (Å²) in [4.78, 5) is 7.02. The minimum atomic E-state index is 0. The monoisotopic (exact) mass is 379 g/mol. The van der Waals surface area contributed by atoms with Crippen LogP contribution in [0.2, 0.25) is 0 Å². The molecule has 2 aliphatic rings. The van der Waals surface area contributed by atoms with Gasteiger partial charge in [-0.1, -0.05) is 32.6 Å². The van der Waals surface area contributed by atoms with Crippen molar-refractivity contribution in [1.29, 1.82) is 0 Å². The topological polar surface area (TPSA) is 41.6 Å². The zero-order valence-electron chi connectivity index (χ0n) is 12.4. The molecular weight excluding hydrogens is 349 g/mol. The number of nitrogens with zero attached hydrogens (tertiary/aromatic N) is 2. The van der Waals surface area contributed by atoms with Crippen LogP contribution in [0.4, 0.5) is 0 Å². The van der Waals surface area contributed by atoms with Gasteiger partial charge in [0, 0.05) is 19.6 Å². The third-order valence-electron chi connectivity index (χ3n) is 4.70. The summed E-state index contributed by atoms with van der Waals surface area (Å²) in [5.74, 6) is 0.805. The maximum atomic E-state index is 6.18. The lowest BCUT2D eigenvalue weighted by Gasteiger charge is -2.41. The lowest BCUT2D eigenvalue weighted by Crippen LogP contribution is -2.40. The molecule has 1 saturated carbocycles. The summed E-state index contributed by atoms with van der Waals surface area (Å²) < 4.78 is 0. The molecule has 0 bridgehead atoms. The lowest BCUT2D eigenvalue weighted by atomic mass is 9.66. The van der Waals surface area contributed by atoms with Gasteiger partial charge in [0.2, 0.25) is 0 Å². The van der Waals surface area contributed by atoms with Crippen molar-refractivity contribution < 1.29 is 0 Å². The van der Waals surface area contributed by atoms with Gasteiger partial charge in [0.25, 0.3) is 0 Å². The van der Waals surface area contributed by atoms with E-state index in [4.69, 9.17) is 10.7 Å². The standard InChI is InChI=1S/C15H29N3.HI/c1-2-8-15(9-7-10-15)13-17-14(16)18-11-5-3-4-6-12-18;/h2-13H2,1H3,(H2,16,17);1H. The summed E-state index contributed by atoms with van der Waals surface area (Å²) in [7, 11) is 0. The molecule has 0 spiro atoms. The maximum Gasteiger partial charge on any atom is 0.191 e. The van der Waals surface area contributed by atoms with Crippen molar-refractivity contribution >= 4 is 29.9 Å². The van der Waals surface area contributed by atoms with Crippen molar-refractivity contribution in [2.24, 2.45) is 16.1 Å². The van der Waals surface area contributed by atoms with Gasteiger partial charge in [-0.25, -0.2) is 0 Å². The molecule has 2 N–H and O–H groups in total. The molecule has 2 rings (SSSR count). The number of hydrogen-bond donors (Lipinski definition) is 1. The molecule has 1 aliphatic heterocycles. The smallest absolute Gasteiger partial charge is 0.191 e. The molecule has 1 heterocycles. The Labute approximate surface area is 135 Å². The van der Waals surface area contributed by atoms with Crippen LogP contribution in [0.3, 0.4) is 0 Å². The van der Waals surface area contributed by atoms with E-state index in [1.807, 2.05) is 0 Å². The summed E-state index contributed by atoms with van der Waals surface area (Å²) in [5.41, 5.74) is 6.68. The molecule has 2 fully saturated rings. The van der Waals surface area contributed by atoms with Crippen LogP contribution in [-0.2, 0) is 0 Å². The second kappa shape index (κ2) is 8.32. The number of guanidine groups is 1. The highest BCUT2D eigenvalue weighted by Gasteiger charge is 2.35. The van der Waals surface area contributed by atoms with Crippen LogP contribution in [0.1, 0.15) is 64.7 Å². The second-order valence-electron chi connectivity index (χ2n) is 6.18. The fraction of sp³-hybridized carbons (Fsp3) is 0.933. The van der Waals surface area contributed by atoms with Crippen molar-refractivity contribution in [2.45, 2.75) is 64.7 Å². The van der Waals surface area contributed by atoms with Crippen LogP contribution in [0.15, 0.2) is 4.99 Å². The second-order valence-corrected chi connectivity index (χ2v) is 6.18. The normalized spacial score (nSPS) is 23.2. The van der Waals surface area contributed by atoms with Crippen molar-refractivity contribution in [3.8, 4) is 0 Å². The summed E-state index contributed by atoms with van der Waals surface area (Å²) in [6, 6.07) is 0. The summed E-state index contributed by atoms with van der Waals surface area (Å²) in [6.45, 7) is 5.46. The van der Waals surface area contributed by atoms with Crippen LogP contribution in [0.25, 0.3) is 0 Å². The van der Waals surface area contributed by atoms with Crippen LogP contribution < -0.4 is 5.73 Å². The van der Waals surface area contributed by atoms with E-state index in [-0.39, 0.29) is 24.0 Å². The molecule has 112 valence electrons. The largest absolute Gasteiger partial charge is 0.370 e. The van der Waals surface area contributed by atoms with Crippen molar-refractivity contribution in [3.05, 3.63) is 0 Å². The van der Waals surface area contributed by atoms with Crippen LogP contribution in [0.5, 0.6) is 0 Å². The molecular formula is C15H30IN3. The fourth-order valence-corrected chi connectivity index (χ4v) is 3.34. The van der Waals surface area contributed by atoms with Gasteiger partial charge in [0.1, 0.15) is 0 Å². The zero-order chi connectivity index (χ0) is 12.8. The minimum absolute atomic E-state index is 0. The first-order valence-electron chi connectivity index (χ1n) is 7.81. The molecule has 1 aliphatic carbocycles. The molecule has 1 saturated heterocycles. The van der Waals surface area contributed by atoms with Gasteiger partial charge in [-0.05, 0) is 37.5 Å². The number of aliphatic imine (C=N–C) groups is 1. The highest BCUT2D eigenvalue weighted by atomic mass is 127. The van der Waals surface area contributed by atoms with E-state index in [2.05, 4.69) is 11.8 Å². The third kappa shape index (κ3) is 4.80. The van der Waals surface area contributed by atoms with Gasteiger partial charge < -0.3 is 10.6 Å². The molecule has 4 heteroatoms. The third-order valence-corrected chi connectivity index (χ3v) is 4.70. The average molecular weight is 379 g/mol. The molecule has 19 heavy (non-hydrogen) atoms. The Morgan fingerprint density at radius 2 is 1.74 bits per heavy atom. The average Bonchev–Trinajstić information content (AvgIpc) is 2.60. The summed E-state index contributed by atoms with van der Waals surface area (Å²) >= 11 is 0. The Hall–Kier alpha value is 0. The number of rotatable bonds is 4. The molecule has 0 aromatic rings. The fourth-order valence-electron chi connectivity index (χ4n) is 3.34. The molecule has 0 aromatic heterocycles. The number of likely N-dealkylation sites (tertiary alicyclic amines) is 1. The molecule has 0 radical (unpaired) electrons. The van der Waals surface area contributed by atoms with E-state index in [1.54, 1.807) is 0 Å². The first kappa shape index (κ1) is 17.1. The SMILES string of the molecule is CCCC1(CN=C(N)N2CCCCCC2)CCC1.I. The predicted octanol–water partition coefficient (Wildman–Crippen LogP) is 3.77. The van der Waals surface area contributed by atoms with E-state index < -0.39 is 0 Å². The zero-order valence-corrected chi connectivity index (χ0v) is 14.7. The van der Waals surface area contributed by atoms with E-state index in [9.17, 15) is 0 Å². The molecule has 0 amide bonds. The van der Waals surface area contributed by atoms with Gasteiger partial charge >= 0.3 is 0 Å². The van der Waals surface area contributed by atoms with Crippen molar-refractivity contribution in [2.75, 3.05) is 19.6 Å². The molecule has 3 nitrogen and oxygen atoms in total. The predicted molar refractivity (Wildman–Crippen MR) is 93.1 cm³/mol. The van der Waals surface area contributed by atoms with Gasteiger partial charge in [-0.15, -0.1) is 24.0 Å². The van der Waals surface area contributed by atoms with E-state index >= 15 is 0 Å². The van der Waals surface area contributed by atoms with E-state index in [1.165, 1.54) is 57.8 Å². The Kier molecular flexibility index (Phi) is 7.47. The number of nitrogens with two attached hydrogens (primary N) is 1. The van der Waals surface area contributed by atoms with Crippen molar-refractivity contribution in [1.82, 2.24) is 4.90 Å². The highest BCUT2D eigenvalue weighted by Crippen LogP contribution is 2.44. The van der Waals surface area contributed by atoms with Crippen molar-refractivity contribution in [3.63, 3.8) is 0 Å². The Morgan fingerprint density at radius 3 is 2.21 bits per heavy atom. The van der Waals surface area contributed by atoms with Gasteiger partial charge in [0.15, 0.2) is 5.96 Å². The number of halogens is 1. The maximum absolute atomic E-state index is 6.18. The Bertz CT molecular complexity index is 279. The number of hydrogen-bond acceptors (Lipinski definition) is 1. The lowest BCUT2D eigenvalue weighted by molar-refractivity contribution is 0.129. The Morgan fingerprint density at radius 1 is 1.11 bits per heavy atom. The van der Waals surface area contributed by atoms with Crippen LogP contribution in [0, 0.1) is 5.41 Å². The minimum Gasteiger partial charge on any atom is -0.370 e.